The highest BCUT2D eigenvalue weighted by Crippen LogP contribution is 2.25. The maximum Gasteiger partial charge on any atom is 0.149 e. The number of rotatable bonds is 4. The zero-order chi connectivity index (χ0) is 14.7. The Labute approximate surface area is 129 Å². The minimum absolute atomic E-state index is 0.314. The molecule has 0 bridgehead atoms. The zero-order valence-corrected chi connectivity index (χ0v) is 12.9. The Balaban J connectivity index is 2.61. The molecule has 1 aromatic heterocycles. The van der Waals surface area contributed by atoms with Crippen molar-refractivity contribution in [3.63, 3.8) is 0 Å². The number of hydrogen-bond donors (Lipinski definition) is 0. The zero-order valence-electron chi connectivity index (χ0n) is 10.5. The molecular formula is C14H10BrFN2OS. The first-order valence-corrected chi connectivity index (χ1v) is 6.96. The van der Waals surface area contributed by atoms with Crippen molar-refractivity contribution in [2.24, 2.45) is 0 Å². The third-order valence-corrected chi connectivity index (χ3v) is 3.58. The molecule has 0 amide bonds. The number of aldehydes is 1. The van der Waals surface area contributed by atoms with Gasteiger partial charge in [0, 0.05) is 11.1 Å². The largest absolute Gasteiger partial charge is 0.298 e. The summed E-state index contributed by atoms with van der Waals surface area (Å²) >= 11 is 8.39. The van der Waals surface area contributed by atoms with E-state index in [0.717, 1.165) is 12.0 Å². The van der Waals surface area contributed by atoms with Crippen LogP contribution in [0.4, 0.5) is 4.39 Å². The lowest BCUT2D eigenvalue weighted by atomic mass is 10.3. The van der Waals surface area contributed by atoms with Gasteiger partial charge in [-0.15, -0.1) is 0 Å². The van der Waals surface area contributed by atoms with Crippen LogP contribution < -0.4 is 0 Å². The number of thiocarbonyl (C=S) groups is 1. The predicted molar refractivity (Wildman–Crippen MR) is 83.7 cm³/mol. The summed E-state index contributed by atoms with van der Waals surface area (Å²) in [5.41, 5.74) is 1.87. The minimum Gasteiger partial charge on any atom is -0.298 e. The van der Waals surface area contributed by atoms with Crippen LogP contribution in [0.25, 0.3) is 11.8 Å². The van der Waals surface area contributed by atoms with Gasteiger partial charge in [0.15, 0.2) is 0 Å². The van der Waals surface area contributed by atoms with Crippen LogP contribution in [0.2, 0.25) is 0 Å². The topological polar surface area (TPSA) is 34.9 Å². The highest BCUT2D eigenvalue weighted by molar-refractivity contribution is 9.10. The average Bonchev–Trinajstić information content (AvgIpc) is 2.76. The summed E-state index contributed by atoms with van der Waals surface area (Å²) in [6, 6.07) is 5.98. The Kier molecular flexibility index (Phi) is 4.57. The molecule has 0 N–H and O–H groups in total. The SMILES string of the molecule is CC(C=O)=Cc1nc(C=S)n(-c2ccc(F)cc2)c1Br. The van der Waals surface area contributed by atoms with Gasteiger partial charge in [0.05, 0.1) is 5.69 Å². The summed E-state index contributed by atoms with van der Waals surface area (Å²) in [6.45, 7) is 1.69. The molecule has 102 valence electrons. The van der Waals surface area contributed by atoms with Crippen LogP contribution in [0.15, 0.2) is 34.4 Å². The molecule has 0 atom stereocenters. The molecule has 2 rings (SSSR count). The quantitative estimate of drug-likeness (QED) is 0.477. The lowest BCUT2D eigenvalue weighted by Crippen LogP contribution is -1.99. The molecule has 0 fully saturated rings. The van der Waals surface area contributed by atoms with E-state index in [-0.39, 0.29) is 5.82 Å². The third kappa shape index (κ3) is 2.91. The van der Waals surface area contributed by atoms with Crippen molar-refractivity contribution in [2.45, 2.75) is 6.92 Å². The van der Waals surface area contributed by atoms with Crippen molar-refractivity contribution >= 4 is 45.9 Å². The normalized spacial score (nSPS) is 11.4. The van der Waals surface area contributed by atoms with Gasteiger partial charge in [-0.05, 0) is 58.8 Å². The molecule has 0 aliphatic heterocycles. The van der Waals surface area contributed by atoms with Crippen molar-refractivity contribution in [1.82, 2.24) is 9.55 Å². The number of aromatic nitrogens is 2. The molecular weight excluding hydrogens is 343 g/mol. The number of carbonyl (C=O) groups is 1. The van der Waals surface area contributed by atoms with E-state index in [4.69, 9.17) is 12.2 Å². The van der Waals surface area contributed by atoms with Crippen molar-refractivity contribution < 1.29 is 9.18 Å². The van der Waals surface area contributed by atoms with E-state index < -0.39 is 0 Å². The van der Waals surface area contributed by atoms with Gasteiger partial charge >= 0.3 is 0 Å². The summed E-state index contributed by atoms with van der Waals surface area (Å²) in [5.74, 6) is 0.217. The molecule has 0 aliphatic carbocycles. The number of nitrogens with zero attached hydrogens (tertiary/aromatic N) is 2. The summed E-state index contributed by atoms with van der Waals surface area (Å²) < 4.78 is 15.4. The highest BCUT2D eigenvalue weighted by Gasteiger charge is 2.14. The standard InChI is InChI=1S/C14H10BrFN2OS/c1-9(7-19)6-12-14(15)18(13(8-20)17-12)11-4-2-10(16)3-5-11/h2-8H,1H3. The fourth-order valence-corrected chi connectivity index (χ4v) is 2.44. The number of halogens is 2. The fourth-order valence-electron chi connectivity index (χ4n) is 1.69. The Bertz CT molecular complexity index is 692. The van der Waals surface area contributed by atoms with Gasteiger partial charge in [0.2, 0.25) is 0 Å². The lowest BCUT2D eigenvalue weighted by molar-refractivity contribution is -0.104. The first-order valence-electron chi connectivity index (χ1n) is 5.69. The van der Waals surface area contributed by atoms with Gasteiger partial charge in [0.1, 0.15) is 22.5 Å². The maximum atomic E-state index is 13.0. The summed E-state index contributed by atoms with van der Waals surface area (Å²) in [7, 11) is 0. The predicted octanol–water partition coefficient (Wildman–Crippen LogP) is 3.72. The Hall–Kier alpha value is -1.66. The fraction of sp³-hybridized carbons (Fsp3) is 0.0714. The summed E-state index contributed by atoms with van der Waals surface area (Å²) in [5, 5.41) is 1.43. The van der Waals surface area contributed by atoms with Gasteiger partial charge in [-0.2, -0.15) is 0 Å². The Morgan fingerprint density at radius 1 is 1.40 bits per heavy atom. The average molecular weight is 353 g/mol. The van der Waals surface area contributed by atoms with Crippen LogP contribution in [0.1, 0.15) is 18.4 Å². The number of carbonyl (C=O) groups excluding carboxylic acids is 1. The summed E-state index contributed by atoms with van der Waals surface area (Å²) in [4.78, 5) is 15.0. The molecule has 1 aromatic carbocycles. The van der Waals surface area contributed by atoms with Crippen LogP contribution >= 0.6 is 28.1 Å². The summed E-state index contributed by atoms with van der Waals surface area (Å²) in [6.07, 6.45) is 2.40. The molecule has 0 radical (unpaired) electrons. The van der Waals surface area contributed by atoms with E-state index in [1.165, 1.54) is 17.5 Å². The molecule has 0 saturated carbocycles. The molecule has 0 spiro atoms. The Morgan fingerprint density at radius 2 is 2.05 bits per heavy atom. The van der Waals surface area contributed by atoms with Crippen LogP contribution in [0.5, 0.6) is 0 Å². The second-order valence-electron chi connectivity index (χ2n) is 4.08. The molecule has 0 unspecified atom stereocenters. The van der Waals surface area contributed by atoms with Gasteiger partial charge in [0.25, 0.3) is 0 Å². The molecule has 6 heteroatoms. The molecule has 2 aromatic rings. The number of hydrogen-bond acceptors (Lipinski definition) is 3. The molecule has 20 heavy (non-hydrogen) atoms. The van der Waals surface area contributed by atoms with E-state index >= 15 is 0 Å². The number of imidazole rings is 1. The van der Waals surface area contributed by atoms with Crippen LogP contribution in [0.3, 0.4) is 0 Å². The first-order chi connectivity index (χ1) is 9.56. The molecule has 3 nitrogen and oxygen atoms in total. The highest BCUT2D eigenvalue weighted by atomic mass is 79.9. The maximum absolute atomic E-state index is 13.0. The number of benzene rings is 1. The van der Waals surface area contributed by atoms with Crippen molar-refractivity contribution in [3.8, 4) is 5.69 Å². The van der Waals surface area contributed by atoms with Crippen molar-refractivity contribution in [3.05, 3.63) is 51.8 Å². The van der Waals surface area contributed by atoms with Crippen molar-refractivity contribution in [2.75, 3.05) is 0 Å². The monoisotopic (exact) mass is 352 g/mol. The smallest absolute Gasteiger partial charge is 0.149 e. The third-order valence-electron chi connectivity index (χ3n) is 2.61. The molecule has 0 aliphatic rings. The lowest BCUT2D eigenvalue weighted by Gasteiger charge is -2.06. The number of allylic oxidation sites excluding steroid dienone is 1. The molecule has 0 saturated heterocycles. The van der Waals surface area contributed by atoms with Gasteiger partial charge in [-0.3, -0.25) is 9.36 Å². The molecule has 1 heterocycles. The van der Waals surface area contributed by atoms with Crippen LogP contribution in [0, 0.1) is 5.82 Å². The van der Waals surface area contributed by atoms with E-state index in [0.29, 0.717) is 21.7 Å². The van der Waals surface area contributed by atoms with E-state index in [1.807, 2.05) is 0 Å². The first kappa shape index (κ1) is 14.7. The van der Waals surface area contributed by atoms with Gasteiger partial charge in [-0.1, -0.05) is 12.2 Å². The van der Waals surface area contributed by atoms with Crippen molar-refractivity contribution in [1.29, 1.82) is 0 Å². The van der Waals surface area contributed by atoms with Crippen LogP contribution in [-0.2, 0) is 4.79 Å². The Morgan fingerprint density at radius 3 is 2.60 bits per heavy atom. The van der Waals surface area contributed by atoms with E-state index in [9.17, 15) is 9.18 Å². The second kappa shape index (κ2) is 6.19. The minimum atomic E-state index is -0.314. The second-order valence-corrected chi connectivity index (χ2v) is 5.07. The van der Waals surface area contributed by atoms with E-state index in [1.54, 1.807) is 29.7 Å². The van der Waals surface area contributed by atoms with E-state index in [2.05, 4.69) is 20.9 Å². The van der Waals surface area contributed by atoms with Crippen LogP contribution in [-0.4, -0.2) is 21.2 Å². The van der Waals surface area contributed by atoms with Gasteiger partial charge in [-0.25, -0.2) is 9.37 Å². The van der Waals surface area contributed by atoms with Gasteiger partial charge < -0.3 is 0 Å².